The van der Waals surface area contributed by atoms with E-state index in [0.717, 1.165) is 31.2 Å². The van der Waals surface area contributed by atoms with Gasteiger partial charge < -0.3 is 4.74 Å². The molecular formula is C15H11BrO2S. The average molecular weight is 335 g/mol. The fourth-order valence-corrected chi connectivity index (χ4v) is 4.66. The van der Waals surface area contributed by atoms with E-state index in [9.17, 15) is 4.21 Å². The summed E-state index contributed by atoms with van der Waals surface area (Å²) in [6, 6.07) is 15.4. The largest absolute Gasteiger partial charge is 0.497 e. The highest BCUT2D eigenvalue weighted by Gasteiger charge is 2.27. The highest BCUT2D eigenvalue weighted by molar-refractivity contribution is 9.15. The lowest BCUT2D eigenvalue weighted by Crippen LogP contribution is -1.91. The van der Waals surface area contributed by atoms with Crippen LogP contribution in [0.1, 0.15) is 11.1 Å². The molecule has 3 rings (SSSR count). The van der Waals surface area contributed by atoms with E-state index < -0.39 is 10.8 Å². The number of hydrogen-bond acceptors (Lipinski definition) is 2. The molecule has 0 fully saturated rings. The van der Waals surface area contributed by atoms with Crippen LogP contribution in [0.25, 0.3) is 9.39 Å². The predicted octanol–water partition coefficient (Wildman–Crippen LogP) is 4.04. The fraction of sp³-hybridized carbons (Fsp3) is 0.0667. The average Bonchev–Trinajstić information content (AvgIpc) is 2.72. The number of ether oxygens (including phenoxy) is 1. The molecular weight excluding hydrogens is 324 g/mol. The SMILES string of the molecule is COc1ccc(C2=C(Br)c3ccccc3S2=O)cc1. The van der Waals surface area contributed by atoms with E-state index in [0.29, 0.717) is 0 Å². The second kappa shape index (κ2) is 4.94. The molecule has 0 aliphatic carbocycles. The van der Waals surface area contributed by atoms with Crippen molar-refractivity contribution < 1.29 is 8.95 Å². The molecule has 1 unspecified atom stereocenters. The number of fused-ring (bicyclic) bond motifs is 1. The number of methoxy groups -OCH3 is 1. The predicted molar refractivity (Wildman–Crippen MR) is 81.6 cm³/mol. The van der Waals surface area contributed by atoms with Crippen LogP contribution in [0.3, 0.4) is 0 Å². The van der Waals surface area contributed by atoms with Crippen LogP contribution in [0, 0.1) is 0 Å². The quantitative estimate of drug-likeness (QED) is 0.828. The molecule has 2 nitrogen and oxygen atoms in total. The number of benzene rings is 2. The lowest BCUT2D eigenvalue weighted by molar-refractivity contribution is 0.415. The smallest absolute Gasteiger partial charge is 0.118 e. The van der Waals surface area contributed by atoms with Crippen molar-refractivity contribution in [2.75, 3.05) is 7.11 Å². The van der Waals surface area contributed by atoms with Crippen molar-refractivity contribution in [2.24, 2.45) is 0 Å². The third-order valence-electron chi connectivity index (χ3n) is 3.06. The fourth-order valence-electron chi connectivity index (χ4n) is 2.10. The highest BCUT2D eigenvalue weighted by atomic mass is 79.9. The Morgan fingerprint density at radius 1 is 1.05 bits per heavy atom. The van der Waals surface area contributed by atoms with Crippen molar-refractivity contribution in [1.82, 2.24) is 0 Å². The normalized spacial score (nSPS) is 17.5. The maximum atomic E-state index is 12.6. The zero-order valence-corrected chi connectivity index (χ0v) is 12.6. The zero-order valence-electron chi connectivity index (χ0n) is 10.2. The molecule has 1 atom stereocenters. The topological polar surface area (TPSA) is 26.3 Å². The summed E-state index contributed by atoms with van der Waals surface area (Å²) in [7, 11) is 0.499. The van der Waals surface area contributed by atoms with E-state index in [2.05, 4.69) is 15.9 Å². The molecule has 0 radical (unpaired) electrons. The summed E-state index contributed by atoms with van der Waals surface area (Å²) in [5, 5.41) is 0. The van der Waals surface area contributed by atoms with Crippen LogP contribution in [0.5, 0.6) is 5.75 Å². The Morgan fingerprint density at radius 2 is 1.74 bits per heavy atom. The molecule has 0 spiro atoms. The van der Waals surface area contributed by atoms with Crippen LogP contribution >= 0.6 is 15.9 Å². The van der Waals surface area contributed by atoms with Gasteiger partial charge in [0.2, 0.25) is 0 Å². The molecule has 2 aromatic rings. The van der Waals surface area contributed by atoms with Crippen molar-refractivity contribution in [3.8, 4) is 5.75 Å². The van der Waals surface area contributed by atoms with Gasteiger partial charge in [0.15, 0.2) is 0 Å². The maximum Gasteiger partial charge on any atom is 0.118 e. The lowest BCUT2D eigenvalue weighted by Gasteiger charge is -2.04. The van der Waals surface area contributed by atoms with Gasteiger partial charge in [-0.05, 0) is 39.7 Å². The molecule has 4 heteroatoms. The molecule has 1 aliphatic heterocycles. The minimum atomic E-state index is -1.13. The van der Waals surface area contributed by atoms with E-state index in [1.807, 2.05) is 48.5 Å². The standard InChI is InChI=1S/C15H11BrO2S/c1-18-11-8-6-10(7-9-11)15-14(16)12-4-2-3-5-13(12)19(15)17/h2-9H,1H3. The van der Waals surface area contributed by atoms with Gasteiger partial charge in [-0.15, -0.1) is 0 Å². The summed E-state index contributed by atoms with van der Waals surface area (Å²) in [6.45, 7) is 0. The van der Waals surface area contributed by atoms with Gasteiger partial charge in [-0.25, -0.2) is 4.21 Å². The second-order valence-electron chi connectivity index (χ2n) is 4.14. The minimum absolute atomic E-state index is 0.793. The van der Waals surface area contributed by atoms with Crippen LogP contribution < -0.4 is 4.74 Å². The molecule has 96 valence electrons. The third-order valence-corrected chi connectivity index (χ3v) is 5.71. The first kappa shape index (κ1) is 12.6. The van der Waals surface area contributed by atoms with Gasteiger partial charge in [-0.3, -0.25) is 0 Å². The van der Waals surface area contributed by atoms with Crippen molar-refractivity contribution in [3.63, 3.8) is 0 Å². The molecule has 2 aromatic carbocycles. The Hall–Kier alpha value is -1.39. The Balaban J connectivity index is 2.11. The number of halogens is 1. The van der Waals surface area contributed by atoms with Crippen molar-refractivity contribution in [1.29, 1.82) is 0 Å². The molecule has 1 heterocycles. The maximum absolute atomic E-state index is 12.6. The molecule has 0 amide bonds. The Kier molecular flexibility index (Phi) is 3.29. The van der Waals surface area contributed by atoms with E-state index in [-0.39, 0.29) is 0 Å². The van der Waals surface area contributed by atoms with Crippen molar-refractivity contribution in [3.05, 3.63) is 59.7 Å². The first-order valence-electron chi connectivity index (χ1n) is 5.77. The highest BCUT2D eigenvalue weighted by Crippen LogP contribution is 2.44. The minimum Gasteiger partial charge on any atom is -0.497 e. The summed E-state index contributed by atoms with van der Waals surface area (Å²) < 4.78 is 18.6. The van der Waals surface area contributed by atoms with E-state index in [1.54, 1.807) is 7.11 Å². The van der Waals surface area contributed by atoms with Crippen LogP contribution in [-0.2, 0) is 10.8 Å². The molecule has 0 aromatic heterocycles. The molecule has 19 heavy (non-hydrogen) atoms. The number of hydrogen-bond donors (Lipinski definition) is 0. The molecule has 1 aliphatic rings. The van der Waals surface area contributed by atoms with Crippen LogP contribution in [0.4, 0.5) is 0 Å². The summed E-state index contributed by atoms with van der Waals surface area (Å²) >= 11 is 3.57. The van der Waals surface area contributed by atoms with Gasteiger partial charge >= 0.3 is 0 Å². The summed E-state index contributed by atoms with van der Waals surface area (Å²) in [4.78, 5) is 1.68. The van der Waals surface area contributed by atoms with E-state index in [1.165, 1.54) is 0 Å². The number of rotatable bonds is 2. The van der Waals surface area contributed by atoms with Gasteiger partial charge in [-0.1, -0.05) is 30.3 Å². The van der Waals surface area contributed by atoms with E-state index >= 15 is 0 Å². The van der Waals surface area contributed by atoms with Gasteiger partial charge in [0.1, 0.15) is 5.75 Å². The van der Waals surface area contributed by atoms with E-state index in [4.69, 9.17) is 4.74 Å². The molecule has 0 saturated heterocycles. The van der Waals surface area contributed by atoms with Crippen LogP contribution in [0.2, 0.25) is 0 Å². The first-order valence-corrected chi connectivity index (χ1v) is 7.72. The Bertz CT molecular complexity index is 690. The van der Waals surface area contributed by atoms with Crippen molar-refractivity contribution in [2.45, 2.75) is 4.90 Å². The van der Waals surface area contributed by atoms with Crippen LogP contribution in [0.15, 0.2) is 53.4 Å². The summed E-state index contributed by atoms with van der Waals surface area (Å²) in [5.74, 6) is 0.793. The third kappa shape index (κ3) is 2.05. The molecule has 0 saturated carbocycles. The molecule has 0 bridgehead atoms. The van der Waals surface area contributed by atoms with Crippen LogP contribution in [-0.4, -0.2) is 11.3 Å². The monoisotopic (exact) mass is 334 g/mol. The lowest BCUT2D eigenvalue weighted by atomic mass is 10.1. The first-order chi connectivity index (χ1) is 9.22. The van der Waals surface area contributed by atoms with Gasteiger partial charge in [-0.2, -0.15) is 0 Å². The second-order valence-corrected chi connectivity index (χ2v) is 6.32. The van der Waals surface area contributed by atoms with Crippen molar-refractivity contribution >= 4 is 36.1 Å². The van der Waals surface area contributed by atoms with Gasteiger partial charge in [0, 0.05) is 10.0 Å². The zero-order chi connectivity index (χ0) is 13.4. The Labute approximate surface area is 122 Å². The summed E-state index contributed by atoms with van der Waals surface area (Å²) in [6.07, 6.45) is 0. The Morgan fingerprint density at radius 3 is 2.37 bits per heavy atom. The summed E-state index contributed by atoms with van der Waals surface area (Å²) in [5.41, 5.74) is 1.95. The molecule has 0 N–H and O–H groups in total. The van der Waals surface area contributed by atoms with Gasteiger partial charge in [0.05, 0.1) is 27.7 Å². The van der Waals surface area contributed by atoms with Gasteiger partial charge in [0.25, 0.3) is 0 Å².